The quantitative estimate of drug-likeness (QED) is 0.807. The highest BCUT2D eigenvalue weighted by Gasteiger charge is 2.11. The van der Waals surface area contributed by atoms with Crippen LogP contribution < -0.4 is 4.74 Å². The molecule has 0 aliphatic rings. The third-order valence-corrected chi connectivity index (χ3v) is 3.81. The molecule has 0 spiro atoms. The summed E-state index contributed by atoms with van der Waals surface area (Å²) >= 11 is 4.76. The zero-order chi connectivity index (χ0) is 11.5. The van der Waals surface area contributed by atoms with Crippen molar-refractivity contribution in [1.82, 2.24) is 0 Å². The van der Waals surface area contributed by atoms with Gasteiger partial charge in [-0.1, -0.05) is 12.1 Å². The van der Waals surface area contributed by atoms with E-state index in [-0.39, 0.29) is 5.78 Å². The predicted molar refractivity (Wildman–Crippen MR) is 68.4 cm³/mol. The van der Waals surface area contributed by atoms with E-state index in [0.29, 0.717) is 11.3 Å². The van der Waals surface area contributed by atoms with Gasteiger partial charge in [0, 0.05) is 15.4 Å². The van der Waals surface area contributed by atoms with Crippen LogP contribution in [0, 0.1) is 0 Å². The molecule has 0 aliphatic carbocycles. The van der Waals surface area contributed by atoms with Crippen LogP contribution in [0.1, 0.15) is 15.2 Å². The average molecular weight is 297 g/mol. The highest BCUT2D eigenvalue weighted by atomic mass is 79.9. The molecule has 0 atom stereocenters. The monoisotopic (exact) mass is 296 g/mol. The van der Waals surface area contributed by atoms with Gasteiger partial charge in [0.1, 0.15) is 5.75 Å². The Morgan fingerprint density at radius 1 is 1.38 bits per heavy atom. The fourth-order valence-corrected chi connectivity index (χ4v) is 2.73. The lowest BCUT2D eigenvalue weighted by Gasteiger charge is -2.01. The SMILES string of the molecule is COc1cccc(C(=O)c2cc(Br)cs2)c1. The summed E-state index contributed by atoms with van der Waals surface area (Å²) in [7, 11) is 1.59. The van der Waals surface area contributed by atoms with Crippen LogP contribution in [0.5, 0.6) is 5.75 Å². The molecule has 0 saturated heterocycles. The maximum atomic E-state index is 12.1. The fourth-order valence-electron chi connectivity index (χ4n) is 1.34. The number of methoxy groups -OCH3 is 1. The number of hydrogen-bond acceptors (Lipinski definition) is 3. The zero-order valence-corrected chi connectivity index (χ0v) is 11.0. The number of thiophene rings is 1. The minimum atomic E-state index is 0.0228. The largest absolute Gasteiger partial charge is 0.497 e. The van der Waals surface area contributed by atoms with Crippen molar-refractivity contribution in [3.8, 4) is 5.75 Å². The van der Waals surface area contributed by atoms with E-state index in [4.69, 9.17) is 4.74 Å². The van der Waals surface area contributed by atoms with Crippen LogP contribution in [0.4, 0.5) is 0 Å². The molecule has 0 unspecified atom stereocenters. The van der Waals surface area contributed by atoms with Gasteiger partial charge in [-0.3, -0.25) is 4.79 Å². The minimum Gasteiger partial charge on any atom is -0.497 e. The lowest BCUT2D eigenvalue weighted by molar-refractivity contribution is 0.104. The number of ether oxygens (including phenoxy) is 1. The van der Waals surface area contributed by atoms with Gasteiger partial charge >= 0.3 is 0 Å². The molecule has 0 radical (unpaired) electrons. The molecular weight excluding hydrogens is 288 g/mol. The number of benzene rings is 1. The van der Waals surface area contributed by atoms with Crippen LogP contribution in [-0.2, 0) is 0 Å². The molecular formula is C12H9BrO2S. The summed E-state index contributed by atoms with van der Waals surface area (Å²) in [5.74, 6) is 0.719. The van der Waals surface area contributed by atoms with Crippen LogP contribution in [0.25, 0.3) is 0 Å². The van der Waals surface area contributed by atoms with Crippen molar-refractivity contribution in [2.45, 2.75) is 0 Å². The maximum Gasteiger partial charge on any atom is 0.203 e. The van der Waals surface area contributed by atoms with E-state index in [1.54, 1.807) is 19.2 Å². The number of carbonyl (C=O) groups is 1. The number of hydrogen-bond donors (Lipinski definition) is 0. The summed E-state index contributed by atoms with van der Waals surface area (Å²) in [6.45, 7) is 0. The minimum absolute atomic E-state index is 0.0228. The molecule has 4 heteroatoms. The van der Waals surface area contributed by atoms with Crippen molar-refractivity contribution < 1.29 is 9.53 Å². The van der Waals surface area contributed by atoms with E-state index < -0.39 is 0 Å². The molecule has 2 rings (SSSR count). The van der Waals surface area contributed by atoms with E-state index in [2.05, 4.69) is 15.9 Å². The number of ketones is 1. The molecule has 1 heterocycles. The van der Waals surface area contributed by atoms with E-state index in [1.807, 2.05) is 23.6 Å². The number of carbonyl (C=O) groups excluding carboxylic acids is 1. The number of halogens is 1. The van der Waals surface area contributed by atoms with Gasteiger partial charge in [-0.2, -0.15) is 0 Å². The first-order valence-electron chi connectivity index (χ1n) is 4.63. The molecule has 2 aromatic rings. The molecule has 2 nitrogen and oxygen atoms in total. The molecule has 0 bridgehead atoms. The Morgan fingerprint density at radius 2 is 2.19 bits per heavy atom. The highest BCUT2D eigenvalue weighted by molar-refractivity contribution is 9.10. The molecule has 0 fully saturated rings. The van der Waals surface area contributed by atoms with Crippen molar-refractivity contribution in [2.24, 2.45) is 0 Å². The van der Waals surface area contributed by atoms with Crippen LogP contribution in [0.3, 0.4) is 0 Å². The van der Waals surface area contributed by atoms with Crippen molar-refractivity contribution in [3.63, 3.8) is 0 Å². The van der Waals surface area contributed by atoms with Crippen LogP contribution in [0.2, 0.25) is 0 Å². The van der Waals surface area contributed by atoms with Gasteiger partial charge in [-0.25, -0.2) is 0 Å². The Morgan fingerprint density at radius 3 is 2.81 bits per heavy atom. The van der Waals surface area contributed by atoms with Crippen molar-refractivity contribution in [2.75, 3.05) is 7.11 Å². The lowest BCUT2D eigenvalue weighted by atomic mass is 10.1. The first kappa shape index (κ1) is 11.4. The van der Waals surface area contributed by atoms with E-state index in [9.17, 15) is 4.79 Å². The van der Waals surface area contributed by atoms with Gasteiger partial charge in [0.05, 0.1) is 12.0 Å². The number of rotatable bonds is 3. The topological polar surface area (TPSA) is 26.3 Å². The Labute approximate surface area is 106 Å². The fraction of sp³-hybridized carbons (Fsp3) is 0.0833. The molecule has 0 N–H and O–H groups in total. The Bertz CT molecular complexity index is 519. The normalized spacial score (nSPS) is 10.1. The van der Waals surface area contributed by atoms with Gasteiger partial charge in [-0.05, 0) is 34.1 Å². The van der Waals surface area contributed by atoms with Crippen LogP contribution >= 0.6 is 27.3 Å². The van der Waals surface area contributed by atoms with Gasteiger partial charge < -0.3 is 4.74 Å². The van der Waals surface area contributed by atoms with E-state index in [0.717, 1.165) is 9.35 Å². The molecule has 16 heavy (non-hydrogen) atoms. The standard InChI is InChI=1S/C12H9BrO2S/c1-15-10-4-2-3-8(5-10)12(14)11-6-9(13)7-16-11/h2-7H,1H3. The van der Waals surface area contributed by atoms with E-state index >= 15 is 0 Å². The molecule has 0 aliphatic heterocycles. The van der Waals surface area contributed by atoms with Gasteiger partial charge in [0.2, 0.25) is 5.78 Å². The maximum absolute atomic E-state index is 12.1. The van der Waals surface area contributed by atoms with Crippen LogP contribution in [-0.4, -0.2) is 12.9 Å². The smallest absolute Gasteiger partial charge is 0.203 e. The first-order valence-corrected chi connectivity index (χ1v) is 6.31. The second-order valence-electron chi connectivity index (χ2n) is 3.19. The Hall–Kier alpha value is -1.13. The summed E-state index contributed by atoms with van der Waals surface area (Å²) < 4.78 is 6.02. The van der Waals surface area contributed by atoms with Crippen molar-refractivity contribution in [1.29, 1.82) is 0 Å². The van der Waals surface area contributed by atoms with Gasteiger partial charge in [0.15, 0.2) is 0 Å². The summed E-state index contributed by atoms with van der Waals surface area (Å²) in [5, 5.41) is 1.90. The molecule has 1 aromatic heterocycles. The van der Waals surface area contributed by atoms with Crippen molar-refractivity contribution >= 4 is 33.0 Å². The van der Waals surface area contributed by atoms with Gasteiger partial charge in [-0.15, -0.1) is 11.3 Å². The predicted octanol–water partition coefficient (Wildman–Crippen LogP) is 3.75. The summed E-state index contributed by atoms with van der Waals surface area (Å²) in [6.07, 6.45) is 0. The average Bonchev–Trinajstić information content (AvgIpc) is 2.75. The second-order valence-corrected chi connectivity index (χ2v) is 5.02. The third-order valence-electron chi connectivity index (χ3n) is 2.12. The lowest BCUT2D eigenvalue weighted by Crippen LogP contribution is -1.98. The molecule has 0 amide bonds. The third kappa shape index (κ3) is 2.33. The highest BCUT2D eigenvalue weighted by Crippen LogP contribution is 2.23. The summed E-state index contributed by atoms with van der Waals surface area (Å²) in [6, 6.07) is 9.00. The molecule has 0 saturated carbocycles. The second kappa shape index (κ2) is 4.80. The van der Waals surface area contributed by atoms with Crippen molar-refractivity contribution in [3.05, 3.63) is 50.6 Å². The van der Waals surface area contributed by atoms with Gasteiger partial charge in [0.25, 0.3) is 0 Å². The van der Waals surface area contributed by atoms with Crippen LogP contribution in [0.15, 0.2) is 40.2 Å². The Balaban J connectivity index is 2.33. The summed E-state index contributed by atoms with van der Waals surface area (Å²) in [4.78, 5) is 12.8. The molecule has 1 aromatic carbocycles. The Kier molecular flexibility index (Phi) is 3.41. The van der Waals surface area contributed by atoms with E-state index in [1.165, 1.54) is 11.3 Å². The first-order chi connectivity index (χ1) is 7.70. The summed E-state index contributed by atoms with van der Waals surface area (Å²) in [5.41, 5.74) is 0.647. The molecule has 82 valence electrons. The zero-order valence-electron chi connectivity index (χ0n) is 8.57.